The fourth-order valence-electron chi connectivity index (χ4n) is 2.90. The Balaban J connectivity index is 1.83. The zero-order valence-corrected chi connectivity index (χ0v) is 13.3. The van der Waals surface area contributed by atoms with Crippen molar-refractivity contribution in [2.75, 3.05) is 6.61 Å². The van der Waals surface area contributed by atoms with E-state index in [0.29, 0.717) is 11.3 Å². The molecule has 0 bridgehead atoms. The average Bonchev–Trinajstić information content (AvgIpc) is 2.48. The highest BCUT2D eigenvalue weighted by Gasteiger charge is 2.15. The van der Waals surface area contributed by atoms with Gasteiger partial charge in [0.1, 0.15) is 5.75 Å². The summed E-state index contributed by atoms with van der Waals surface area (Å²) >= 11 is 0. The van der Waals surface area contributed by atoms with E-state index >= 15 is 0 Å². The first-order chi connectivity index (χ1) is 10.7. The van der Waals surface area contributed by atoms with Gasteiger partial charge in [-0.05, 0) is 31.9 Å². The molecule has 1 aliphatic rings. The molecule has 0 aromatic heterocycles. The Hall–Kier alpha value is -1.84. The van der Waals surface area contributed by atoms with E-state index in [9.17, 15) is 9.59 Å². The van der Waals surface area contributed by atoms with Gasteiger partial charge in [-0.3, -0.25) is 9.59 Å². The molecule has 2 rings (SSSR count). The van der Waals surface area contributed by atoms with Crippen LogP contribution in [0.4, 0.5) is 0 Å². The van der Waals surface area contributed by atoms with E-state index in [2.05, 4.69) is 5.32 Å². The van der Waals surface area contributed by atoms with Gasteiger partial charge in [0.2, 0.25) is 0 Å². The van der Waals surface area contributed by atoms with Gasteiger partial charge in [-0.2, -0.15) is 0 Å². The average molecular weight is 303 g/mol. The van der Waals surface area contributed by atoms with Crippen molar-refractivity contribution < 1.29 is 14.3 Å². The van der Waals surface area contributed by atoms with Gasteiger partial charge in [-0.15, -0.1) is 0 Å². The Morgan fingerprint density at radius 2 is 1.73 bits per heavy atom. The van der Waals surface area contributed by atoms with Crippen molar-refractivity contribution in [3.05, 3.63) is 29.8 Å². The minimum absolute atomic E-state index is 0.0409. The highest BCUT2D eigenvalue weighted by atomic mass is 16.5. The minimum atomic E-state index is -0.107. The zero-order chi connectivity index (χ0) is 15.8. The molecular weight excluding hydrogens is 278 g/mol. The zero-order valence-electron chi connectivity index (χ0n) is 13.3. The number of ketones is 1. The summed E-state index contributed by atoms with van der Waals surface area (Å²) in [6.45, 7) is 1.46. The molecule has 0 atom stereocenters. The van der Waals surface area contributed by atoms with Crippen molar-refractivity contribution in [1.82, 2.24) is 5.32 Å². The van der Waals surface area contributed by atoms with Crippen molar-refractivity contribution in [1.29, 1.82) is 0 Å². The standard InChI is InChI=1S/C18H25NO3/c1-14(20)16-11-7-8-12-17(16)22-13-18(21)19-15-9-5-3-2-4-6-10-15/h7-8,11-12,15H,2-6,9-10,13H2,1H3,(H,19,21). The Morgan fingerprint density at radius 1 is 1.09 bits per heavy atom. The van der Waals surface area contributed by atoms with Crippen molar-refractivity contribution in [3.8, 4) is 5.75 Å². The van der Waals surface area contributed by atoms with Gasteiger partial charge < -0.3 is 10.1 Å². The quantitative estimate of drug-likeness (QED) is 0.847. The lowest BCUT2D eigenvalue weighted by Gasteiger charge is -2.21. The molecule has 0 heterocycles. The summed E-state index contributed by atoms with van der Waals surface area (Å²) in [4.78, 5) is 23.6. The van der Waals surface area contributed by atoms with Crippen LogP contribution in [0.15, 0.2) is 24.3 Å². The monoisotopic (exact) mass is 303 g/mol. The van der Waals surface area contributed by atoms with Gasteiger partial charge >= 0.3 is 0 Å². The van der Waals surface area contributed by atoms with Crippen molar-refractivity contribution in [2.24, 2.45) is 0 Å². The number of rotatable bonds is 5. The molecular formula is C18H25NO3. The summed E-state index contributed by atoms with van der Waals surface area (Å²) in [6, 6.07) is 7.29. The van der Waals surface area contributed by atoms with Gasteiger partial charge in [-0.1, -0.05) is 44.2 Å². The van der Waals surface area contributed by atoms with E-state index in [-0.39, 0.29) is 24.3 Å². The topological polar surface area (TPSA) is 55.4 Å². The van der Waals surface area contributed by atoms with Gasteiger partial charge in [-0.25, -0.2) is 0 Å². The van der Waals surface area contributed by atoms with Crippen LogP contribution in [0.25, 0.3) is 0 Å². The molecule has 1 saturated carbocycles. The number of Topliss-reactive ketones (excluding diaryl/α,β-unsaturated/α-hetero) is 1. The molecule has 22 heavy (non-hydrogen) atoms. The number of hydrogen-bond acceptors (Lipinski definition) is 3. The fraction of sp³-hybridized carbons (Fsp3) is 0.556. The maximum atomic E-state index is 12.0. The summed E-state index contributed by atoms with van der Waals surface area (Å²) in [6.07, 6.45) is 8.29. The van der Waals surface area contributed by atoms with Crippen LogP contribution in [0, 0.1) is 0 Å². The second kappa shape index (κ2) is 8.57. The molecule has 0 unspecified atom stereocenters. The molecule has 4 nitrogen and oxygen atoms in total. The van der Waals surface area contributed by atoms with Crippen LogP contribution in [-0.2, 0) is 4.79 Å². The summed E-state index contributed by atoms with van der Waals surface area (Å²) in [5, 5.41) is 3.06. The SMILES string of the molecule is CC(=O)c1ccccc1OCC(=O)NC1CCCCCCC1. The van der Waals surface area contributed by atoms with Crippen LogP contribution < -0.4 is 10.1 Å². The minimum Gasteiger partial charge on any atom is -0.483 e. The van der Waals surface area contributed by atoms with Crippen LogP contribution in [0.2, 0.25) is 0 Å². The third kappa shape index (κ3) is 5.17. The largest absolute Gasteiger partial charge is 0.483 e. The molecule has 1 aromatic rings. The molecule has 0 spiro atoms. The normalized spacial score (nSPS) is 16.4. The fourth-order valence-corrected chi connectivity index (χ4v) is 2.90. The third-order valence-corrected chi connectivity index (χ3v) is 4.10. The Kier molecular flexibility index (Phi) is 6.44. The number of amides is 1. The van der Waals surface area contributed by atoms with Gasteiger partial charge in [0, 0.05) is 6.04 Å². The number of hydrogen-bond donors (Lipinski definition) is 1. The van der Waals surface area contributed by atoms with Crippen LogP contribution in [-0.4, -0.2) is 24.3 Å². The summed E-state index contributed by atoms with van der Waals surface area (Å²) in [5.41, 5.74) is 0.515. The molecule has 120 valence electrons. The maximum absolute atomic E-state index is 12.0. The van der Waals surface area contributed by atoms with E-state index in [1.54, 1.807) is 24.3 Å². The highest BCUT2D eigenvalue weighted by Crippen LogP contribution is 2.19. The molecule has 1 aromatic carbocycles. The second-order valence-corrected chi connectivity index (χ2v) is 5.95. The molecule has 1 aliphatic carbocycles. The molecule has 0 saturated heterocycles. The van der Waals surface area contributed by atoms with E-state index in [1.807, 2.05) is 0 Å². The first-order valence-electron chi connectivity index (χ1n) is 8.19. The summed E-state index contributed by atoms with van der Waals surface area (Å²) in [5.74, 6) is 0.308. The van der Waals surface area contributed by atoms with Crippen LogP contribution in [0.1, 0.15) is 62.2 Å². The summed E-state index contributed by atoms with van der Waals surface area (Å²) in [7, 11) is 0. The lowest BCUT2D eigenvalue weighted by molar-refractivity contribution is -0.123. The summed E-state index contributed by atoms with van der Waals surface area (Å²) < 4.78 is 5.52. The Labute approximate surface area is 132 Å². The van der Waals surface area contributed by atoms with Gasteiger partial charge in [0.15, 0.2) is 12.4 Å². The number of carbonyl (C=O) groups excluding carboxylic acids is 2. The number of carbonyl (C=O) groups is 2. The predicted octanol–water partition coefficient (Wildman–Crippen LogP) is 3.50. The molecule has 1 N–H and O–H groups in total. The number of nitrogens with one attached hydrogen (secondary N) is 1. The lowest BCUT2D eigenvalue weighted by atomic mass is 9.97. The Bertz CT molecular complexity index is 505. The molecule has 1 fully saturated rings. The van der Waals surface area contributed by atoms with Crippen molar-refractivity contribution >= 4 is 11.7 Å². The van der Waals surface area contributed by atoms with Crippen molar-refractivity contribution in [2.45, 2.75) is 57.9 Å². The smallest absolute Gasteiger partial charge is 0.258 e. The first kappa shape index (κ1) is 16.5. The molecule has 1 amide bonds. The van der Waals surface area contributed by atoms with Crippen molar-refractivity contribution in [3.63, 3.8) is 0 Å². The van der Waals surface area contributed by atoms with Crippen LogP contribution >= 0.6 is 0 Å². The predicted molar refractivity (Wildman–Crippen MR) is 86.2 cm³/mol. The van der Waals surface area contributed by atoms with E-state index in [4.69, 9.17) is 4.74 Å². The van der Waals surface area contributed by atoms with E-state index < -0.39 is 0 Å². The number of ether oxygens (including phenoxy) is 1. The molecule has 0 radical (unpaired) electrons. The lowest BCUT2D eigenvalue weighted by Crippen LogP contribution is -2.38. The molecule has 4 heteroatoms. The highest BCUT2D eigenvalue weighted by molar-refractivity contribution is 5.96. The van der Waals surface area contributed by atoms with E-state index in [0.717, 1.165) is 12.8 Å². The molecule has 0 aliphatic heterocycles. The van der Waals surface area contributed by atoms with Crippen LogP contribution in [0.3, 0.4) is 0 Å². The van der Waals surface area contributed by atoms with Gasteiger partial charge in [0.25, 0.3) is 5.91 Å². The Morgan fingerprint density at radius 3 is 2.41 bits per heavy atom. The first-order valence-corrected chi connectivity index (χ1v) is 8.19. The third-order valence-electron chi connectivity index (χ3n) is 4.10. The van der Waals surface area contributed by atoms with E-state index in [1.165, 1.54) is 39.0 Å². The number of benzene rings is 1. The number of para-hydroxylation sites is 1. The van der Waals surface area contributed by atoms with Gasteiger partial charge in [0.05, 0.1) is 5.56 Å². The maximum Gasteiger partial charge on any atom is 0.258 e. The van der Waals surface area contributed by atoms with Crippen LogP contribution in [0.5, 0.6) is 5.75 Å². The second-order valence-electron chi connectivity index (χ2n) is 5.95.